The molecule has 3 rings (SSSR count). The van der Waals surface area contributed by atoms with E-state index in [1.807, 2.05) is 0 Å². The third-order valence-electron chi connectivity index (χ3n) is 4.03. The van der Waals surface area contributed by atoms with Crippen molar-refractivity contribution >= 4 is 6.03 Å². The van der Waals surface area contributed by atoms with Crippen molar-refractivity contribution < 1.29 is 4.79 Å². The average Bonchev–Trinajstić information content (AvgIpc) is 2.96. The molecule has 2 heterocycles. The highest BCUT2D eigenvalue weighted by Gasteiger charge is 2.58. The Morgan fingerprint density at radius 3 is 2.80 bits per heavy atom. The summed E-state index contributed by atoms with van der Waals surface area (Å²) in [5.74, 6) is 0.603. The summed E-state index contributed by atoms with van der Waals surface area (Å²) in [5, 5.41) is 0. The molecule has 4 unspecified atom stereocenters. The van der Waals surface area contributed by atoms with Crippen LogP contribution in [-0.2, 0) is 0 Å². The van der Waals surface area contributed by atoms with Crippen LogP contribution in [0.4, 0.5) is 4.79 Å². The van der Waals surface area contributed by atoms with E-state index in [4.69, 9.17) is 5.73 Å². The van der Waals surface area contributed by atoms with Crippen molar-refractivity contribution in [3.63, 3.8) is 0 Å². The molecular weight excluding hydrogens is 192 g/mol. The number of primary amides is 1. The number of fused-ring (bicyclic) bond motifs is 3. The molecule has 0 spiro atoms. The van der Waals surface area contributed by atoms with Gasteiger partial charge in [0.25, 0.3) is 0 Å². The van der Waals surface area contributed by atoms with Gasteiger partial charge in [-0.1, -0.05) is 19.3 Å². The van der Waals surface area contributed by atoms with Gasteiger partial charge < -0.3 is 5.73 Å². The summed E-state index contributed by atoms with van der Waals surface area (Å²) in [4.78, 5) is 12.9. The van der Waals surface area contributed by atoms with Crippen LogP contribution in [0.5, 0.6) is 0 Å². The molecule has 2 saturated heterocycles. The first-order valence-electron chi connectivity index (χ1n) is 5.88. The molecule has 1 saturated carbocycles. The predicted octanol–water partition coefficient (Wildman–Crippen LogP) is 0.132. The molecule has 1 aliphatic carbocycles. The van der Waals surface area contributed by atoms with Gasteiger partial charge in [0.05, 0.1) is 6.04 Å². The summed E-state index contributed by atoms with van der Waals surface area (Å²) < 4.78 is 0. The molecule has 5 nitrogen and oxygen atoms in total. The Kier molecular flexibility index (Phi) is 2.10. The molecule has 4 N–H and O–H groups in total. The molecule has 0 aromatic heterocycles. The standard InChI is InChI=1S/C10H18N4O/c11-10(15)14-8-6-4-2-1-3-5-7(6)12-13-9(8)14/h6-9,12-13H,1-5H2,(H2,11,15). The molecule has 0 bridgehead atoms. The van der Waals surface area contributed by atoms with Crippen molar-refractivity contribution in [1.29, 1.82) is 0 Å². The van der Waals surface area contributed by atoms with Crippen LogP contribution >= 0.6 is 0 Å². The van der Waals surface area contributed by atoms with Crippen LogP contribution in [0.15, 0.2) is 0 Å². The Labute approximate surface area is 89.3 Å². The molecular formula is C10H18N4O. The van der Waals surface area contributed by atoms with E-state index in [-0.39, 0.29) is 12.2 Å². The number of rotatable bonds is 0. The molecule has 3 aliphatic rings. The van der Waals surface area contributed by atoms with E-state index in [0.29, 0.717) is 18.0 Å². The van der Waals surface area contributed by atoms with Crippen LogP contribution in [-0.4, -0.2) is 29.2 Å². The maximum Gasteiger partial charge on any atom is 0.316 e. The van der Waals surface area contributed by atoms with E-state index < -0.39 is 0 Å². The van der Waals surface area contributed by atoms with Crippen molar-refractivity contribution in [2.24, 2.45) is 11.7 Å². The fourth-order valence-electron chi connectivity index (χ4n) is 3.25. The number of nitrogens with zero attached hydrogens (tertiary/aromatic N) is 1. The summed E-state index contributed by atoms with van der Waals surface area (Å²) in [6.45, 7) is 0. The third kappa shape index (κ3) is 1.41. The normalized spacial score (nSPS) is 43.9. The van der Waals surface area contributed by atoms with Gasteiger partial charge in [-0.3, -0.25) is 10.3 Å². The molecule has 0 aromatic rings. The number of nitrogens with two attached hydrogens (primary N) is 1. The number of hydrazine groups is 1. The highest BCUT2D eigenvalue weighted by molar-refractivity contribution is 5.76. The van der Waals surface area contributed by atoms with Gasteiger partial charge in [0, 0.05) is 6.04 Å². The average molecular weight is 210 g/mol. The quantitative estimate of drug-likeness (QED) is 0.498. The molecule has 2 aliphatic heterocycles. The first kappa shape index (κ1) is 9.42. The van der Waals surface area contributed by atoms with Crippen molar-refractivity contribution in [3.8, 4) is 0 Å². The lowest BCUT2D eigenvalue weighted by Crippen LogP contribution is -2.53. The Hall–Kier alpha value is -0.810. The summed E-state index contributed by atoms with van der Waals surface area (Å²) in [5.41, 5.74) is 11.9. The summed E-state index contributed by atoms with van der Waals surface area (Å²) in [7, 11) is 0. The van der Waals surface area contributed by atoms with Gasteiger partial charge in [-0.05, 0) is 18.8 Å². The zero-order chi connectivity index (χ0) is 10.4. The van der Waals surface area contributed by atoms with Crippen LogP contribution in [0.2, 0.25) is 0 Å². The minimum absolute atomic E-state index is 0.154. The second-order valence-electron chi connectivity index (χ2n) is 4.88. The van der Waals surface area contributed by atoms with Gasteiger partial charge in [0.2, 0.25) is 0 Å². The molecule has 0 radical (unpaired) electrons. The van der Waals surface area contributed by atoms with Crippen LogP contribution in [0.25, 0.3) is 0 Å². The Morgan fingerprint density at radius 2 is 2.00 bits per heavy atom. The number of urea groups is 1. The van der Waals surface area contributed by atoms with E-state index in [1.54, 1.807) is 4.90 Å². The van der Waals surface area contributed by atoms with Crippen LogP contribution in [0.1, 0.15) is 32.1 Å². The Morgan fingerprint density at radius 1 is 1.20 bits per heavy atom. The van der Waals surface area contributed by atoms with Crippen molar-refractivity contribution in [2.75, 3.05) is 0 Å². The zero-order valence-electron chi connectivity index (χ0n) is 8.78. The summed E-state index contributed by atoms with van der Waals surface area (Å²) in [6.07, 6.45) is 6.50. The lowest BCUT2D eigenvalue weighted by Gasteiger charge is -2.29. The fraction of sp³-hybridized carbons (Fsp3) is 0.900. The SMILES string of the molecule is NC(=O)N1C2NNC3CCCCCC3C21. The van der Waals surface area contributed by atoms with Crippen LogP contribution in [0, 0.1) is 5.92 Å². The number of hydrogen-bond acceptors (Lipinski definition) is 3. The Balaban J connectivity index is 1.75. The first-order valence-corrected chi connectivity index (χ1v) is 5.88. The van der Waals surface area contributed by atoms with E-state index in [2.05, 4.69) is 10.9 Å². The third-order valence-corrected chi connectivity index (χ3v) is 4.03. The van der Waals surface area contributed by atoms with Crippen LogP contribution in [0.3, 0.4) is 0 Å². The van der Waals surface area contributed by atoms with E-state index in [0.717, 1.165) is 0 Å². The highest BCUT2D eigenvalue weighted by atomic mass is 16.2. The van der Waals surface area contributed by atoms with Gasteiger partial charge in [-0.2, -0.15) is 0 Å². The van der Waals surface area contributed by atoms with Gasteiger partial charge in [-0.15, -0.1) is 0 Å². The zero-order valence-corrected chi connectivity index (χ0v) is 8.78. The lowest BCUT2D eigenvalue weighted by molar-refractivity contribution is 0.230. The topological polar surface area (TPSA) is 70.2 Å². The molecule has 3 fully saturated rings. The monoisotopic (exact) mass is 210 g/mol. The van der Waals surface area contributed by atoms with Gasteiger partial charge >= 0.3 is 6.03 Å². The number of nitrogens with one attached hydrogen (secondary N) is 2. The largest absolute Gasteiger partial charge is 0.351 e. The minimum Gasteiger partial charge on any atom is -0.351 e. The first-order chi connectivity index (χ1) is 7.29. The summed E-state index contributed by atoms with van der Waals surface area (Å²) in [6, 6.07) is 0.592. The molecule has 4 atom stereocenters. The fourth-order valence-corrected chi connectivity index (χ4v) is 3.25. The minimum atomic E-state index is -0.288. The second kappa shape index (κ2) is 3.35. The molecule has 0 aromatic carbocycles. The lowest BCUT2D eigenvalue weighted by atomic mass is 9.90. The molecule has 15 heavy (non-hydrogen) atoms. The molecule has 2 amide bonds. The second-order valence-corrected chi connectivity index (χ2v) is 4.88. The highest BCUT2D eigenvalue weighted by Crippen LogP contribution is 2.41. The van der Waals surface area contributed by atoms with E-state index in [1.165, 1.54) is 32.1 Å². The van der Waals surface area contributed by atoms with Gasteiger partial charge in [0.15, 0.2) is 0 Å². The maximum absolute atomic E-state index is 11.2. The van der Waals surface area contributed by atoms with Crippen molar-refractivity contribution in [1.82, 2.24) is 15.8 Å². The number of amides is 2. The maximum atomic E-state index is 11.2. The molecule has 5 heteroatoms. The molecule has 84 valence electrons. The van der Waals surface area contributed by atoms with Gasteiger partial charge in [0.1, 0.15) is 6.17 Å². The van der Waals surface area contributed by atoms with Gasteiger partial charge in [-0.25, -0.2) is 10.2 Å². The Bertz CT molecular complexity index is 283. The number of hydrogen-bond donors (Lipinski definition) is 3. The smallest absolute Gasteiger partial charge is 0.316 e. The van der Waals surface area contributed by atoms with Crippen molar-refractivity contribution in [3.05, 3.63) is 0 Å². The van der Waals surface area contributed by atoms with Crippen molar-refractivity contribution in [2.45, 2.75) is 50.4 Å². The number of carbonyl (C=O) groups is 1. The van der Waals surface area contributed by atoms with E-state index in [9.17, 15) is 4.79 Å². The summed E-state index contributed by atoms with van der Waals surface area (Å²) >= 11 is 0. The van der Waals surface area contributed by atoms with Crippen LogP contribution < -0.4 is 16.6 Å². The number of carbonyl (C=O) groups excluding carboxylic acids is 1. The predicted molar refractivity (Wildman–Crippen MR) is 55.6 cm³/mol. The van der Waals surface area contributed by atoms with E-state index >= 15 is 0 Å².